The van der Waals surface area contributed by atoms with Crippen molar-refractivity contribution in [3.05, 3.63) is 60.4 Å². The van der Waals surface area contributed by atoms with Crippen LogP contribution in [0.3, 0.4) is 0 Å². The van der Waals surface area contributed by atoms with E-state index in [1.807, 2.05) is 36.4 Å². The molecule has 4 aromatic rings. The first-order valence-electron chi connectivity index (χ1n) is 18.1. The Balaban J connectivity index is 1.03. The maximum Gasteiger partial charge on any atom is 0.407 e. The Hall–Kier alpha value is -6.94. The number of aromatic amines is 2. The molecule has 3 aliphatic heterocycles. The number of carbonyl (C=O) groups excluding carboxylic acids is 4. The van der Waals surface area contributed by atoms with Gasteiger partial charge in [-0.25, -0.2) is 19.6 Å². The van der Waals surface area contributed by atoms with Crippen molar-refractivity contribution >= 4 is 24.0 Å². The van der Waals surface area contributed by atoms with E-state index >= 15 is 0 Å². The fourth-order valence-electron chi connectivity index (χ4n) is 7.29. The number of methoxy groups -OCH3 is 2. The van der Waals surface area contributed by atoms with Crippen molar-refractivity contribution in [1.82, 2.24) is 40.4 Å². The van der Waals surface area contributed by atoms with Gasteiger partial charge in [0.05, 0.1) is 50.1 Å². The van der Waals surface area contributed by atoms with E-state index in [9.17, 15) is 19.2 Å². The predicted octanol–water partition coefficient (Wildman–Crippen LogP) is 5.19. The third-order valence-corrected chi connectivity index (χ3v) is 10.0. The van der Waals surface area contributed by atoms with Gasteiger partial charge in [0.15, 0.2) is 23.0 Å². The smallest absolute Gasteiger partial charge is 0.407 e. The number of nitrogens with zero attached hydrogens (tertiary/aromatic N) is 4. The molecule has 16 nitrogen and oxygen atoms in total. The van der Waals surface area contributed by atoms with E-state index in [0.29, 0.717) is 60.6 Å². The molecule has 4 N–H and O–H groups in total. The third-order valence-electron chi connectivity index (χ3n) is 10.0. The minimum atomic E-state index is -0.909. The second kappa shape index (κ2) is 16.2. The maximum atomic E-state index is 13.4. The summed E-state index contributed by atoms with van der Waals surface area (Å²) >= 11 is 0. The van der Waals surface area contributed by atoms with Gasteiger partial charge < -0.3 is 49.3 Å². The molecule has 288 valence electrons. The highest BCUT2D eigenvalue weighted by atomic mass is 16.6. The molecule has 4 atom stereocenters. The maximum absolute atomic E-state index is 13.4. The molecule has 56 heavy (non-hydrogen) atoms. The Bertz CT molecular complexity index is 2080. The first-order valence-corrected chi connectivity index (χ1v) is 18.1. The quantitative estimate of drug-likeness (QED) is 0.138. The van der Waals surface area contributed by atoms with Crippen LogP contribution in [0.5, 0.6) is 23.0 Å². The third kappa shape index (κ3) is 7.54. The summed E-state index contributed by atoms with van der Waals surface area (Å²) in [5, 5.41) is 5.08. The van der Waals surface area contributed by atoms with Gasteiger partial charge in [0, 0.05) is 37.1 Å². The van der Waals surface area contributed by atoms with Gasteiger partial charge in [-0.05, 0) is 62.1 Å². The van der Waals surface area contributed by atoms with Gasteiger partial charge >= 0.3 is 12.2 Å². The van der Waals surface area contributed by atoms with Crippen LogP contribution in [-0.2, 0) is 19.1 Å². The van der Waals surface area contributed by atoms with Crippen molar-refractivity contribution in [1.29, 1.82) is 0 Å². The zero-order valence-corrected chi connectivity index (χ0v) is 30.8. The molecular weight excluding hydrogens is 720 g/mol. The van der Waals surface area contributed by atoms with Crippen LogP contribution >= 0.6 is 0 Å². The van der Waals surface area contributed by atoms with Crippen LogP contribution in [0.15, 0.2) is 48.8 Å². The number of ether oxygens (including phenoxy) is 4. The van der Waals surface area contributed by atoms with Gasteiger partial charge in [-0.1, -0.05) is 0 Å². The van der Waals surface area contributed by atoms with Gasteiger partial charge in [0.2, 0.25) is 11.8 Å². The number of rotatable bonds is 10. The first kappa shape index (κ1) is 37.4. The first-order chi connectivity index (χ1) is 27.2. The van der Waals surface area contributed by atoms with Crippen LogP contribution in [0.25, 0.3) is 22.5 Å². The highest BCUT2D eigenvalue weighted by molar-refractivity contribution is 5.87. The van der Waals surface area contributed by atoms with Crippen LogP contribution in [0.1, 0.15) is 62.3 Å². The average molecular weight is 761 g/mol. The van der Waals surface area contributed by atoms with Crippen molar-refractivity contribution < 1.29 is 38.1 Å². The van der Waals surface area contributed by atoms with Crippen molar-refractivity contribution in [2.45, 2.75) is 62.7 Å². The molecule has 0 unspecified atom stereocenters. The number of alkyl carbamates (subject to hydrolysis) is 2. The van der Waals surface area contributed by atoms with Gasteiger partial charge in [-0.2, -0.15) is 0 Å². The zero-order valence-electron chi connectivity index (χ0n) is 30.8. The zero-order chi connectivity index (χ0) is 39.3. The number of imidazole rings is 2. The lowest BCUT2D eigenvalue weighted by Crippen LogP contribution is -2.48. The Morgan fingerprint density at radius 3 is 1.57 bits per heavy atom. The number of carbonyl (C=O) groups is 4. The number of terminal acetylenes is 2. The number of benzene rings is 2. The molecule has 0 radical (unpaired) electrons. The molecule has 5 heterocycles. The van der Waals surface area contributed by atoms with E-state index in [0.717, 1.165) is 35.4 Å². The van der Waals surface area contributed by atoms with Crippen molar-refractivity contribution in [3.63, 3.8) is 0 Å². The van der Waals surface area contributed by atoms with Crippen LogP contribution in [-0.4, -0.2) is 93.1 Å². The fourth-order valence-corrected chi connectivity index (χ4v) is 7.29. The molecule has 0 saturated carbocycles. The minimum absolute atomic E-state index is 0.0316. The monoisotopic (exact) mass is 760 g/mol. The standard InChI is InChI=1S/C40H40N8O8/c1-5-9-25(45-39(51)53-3)37(49)47-17-7-11-29(47)35-41-21-27(43-35)23-13-15-31-33(19-23)55-32-16-14-24(20-34(32)56-31)28-22-42-36(44-28)30-12-8-18-48(30)38(50)26(10-6-2)46-40(52)54-4/h1-2,13-16,19-22,25-26,29-30H,7-12,17-18H2,3-4H3,(H,41,43)(H,42,44)(H,45,51)(H,46,52)/t25-,26-,29-,30-/m0/s1. The molecular formula is C40H40N8O8. The van der Waals surface area contributed by atoms with Crippen LogP contribution in [0, 0.1) is 24.7 Å². The summed E-state index contributed by atoms with van der Waals surface area (Å²) in [6.45, 7) is 1.00. The van der Waals surface area contributed by atoms with Gasteiger partial charge in [0.1, 0.15) is 23.7 Å². The second-order valence-electron chi connectivity index (χ2n) is 13.5. The number of hydrogen-bond donors (Lipinski definition) is 4. The number of likely N-dealkylation sites (tertiary alicyclic amines) is 2. The Morgan fingerprint density at radius 2 is 1.18 bits per heavy atom. The molecule has 2 aromatic heterocycles. The summed E-state index contributed by atoms with van der Waals surface area (Å²) in [6, 6.07) is 8.67. The summed E-state index contributed by atoms with van der Waals surface area (Å²) in [6.07, 6.45) is 15.9. The average Bonchev–Trinajstić information content (AvgIpc) is 4.05. The van der Waals surface area contributed by atoms with E-state index in [-0.39, 0.29) is 36.7 Å². The van der Waals surface area contributed by atoms with Crippen molar-refractivity contribution in [2.75, 3.05) is 27.3 Å². The van der Waals surface area contributed by atoms with Crippen molar-refractivity contribution in [3.8, 4) is 70.2 Å². The normalized spacial score (nSPS) is 17.9. The molecule has 4 amide bonds. The van der Waals surface area contributed by atoms with E-state index in [1.54, 1.807) is 22.2 Å². The van der Waals surface area contributed by atoms with E-state index in [2.05, 4.69) is 51.9 Å². The number of aromatic nitrogens is 4. The molecule has 3 aliphatic rings. The van der Waals surface area contributed by atoms with E-state index < -0.39 is 24.3 Å². The Morgan fingerprint density at radius 1 is 0.750 bits per heavy atom. The SMILES string of the molecule is C#CC[C@H](NC(=O)OC)C(=O)N1CCC[C@H]1c1ncc(-c2ccc3c(c2)Oc2ccc(-c4cnc([C@@H]5CCCN5C(=O)[C@H](CC#C)NC(=O)OC)[nH]4)cc2O3)[nH]1. The van der Waals surface area contributed by atoms with Gasteiger partial charge in [-0.3, -0.25) is 9.59 Å². The van der Waals surface area contributed by atoms with Gasteiger partial charge in [-0.15, -0.1) is 24.7 Å². The predicted molar refractivity (Wildman–Crippen MR) is 201 cm³/mol. The van der Waals surface area contributed by atoms with Crippen LogP contribution in [0.2, 0.25) is 0 Å². The lowest BCUT2D eigenvalue weighted by molar-refractivity contribution is -0.135. The van der Waals surface area contributed by atoms with Gasteiger partial charge in [0.25, 0.3) is 0 Å². The molecule has 16 heteroatoms. The summed E-state index contributed by atoms with van der Waals surface area (Å²) in [7, 11) is 2.46. The van der Waals surface area contributed by atoms with Crippen LogP contribution < -0.4 is 20.1 Å². The summed E-state index contributed by atoms with van der Waals surface area (Å²) in [5.41, 5.74) is 3.05. The van der Waals surface area contributed by atoms with E-state index in [1.165, 1.54) is 14.2 Å². The minimum Gasteiger partial charge on any atom is -0.453 e. The largest absolute Gasteiger partial charge is 0.453 e. The lowest BCUT2D eigenvalue weighted by atomic mass is 10.1. The Labute approximate surface area is 322 Å². The molecule has 7 rings (SSSR count). The summed E-state index contributed by atoms with van der Waals surface area (Å²) < 4.78 is 21.9. The topological polar surface area (TPSA) is 193 Å². The fraction of sp³-hybridized carbons (Fsp3) is 0.350. The Kier molecular flexibility index (Phi) is 10.8. The molecule has 0 aliphatic carbocycles. The second-order valence-corrected chi connectivity index (χ2v) is 13.5. The number of fused-ring (bicyclic) bond motifs is 2. The molecule has 2 fully saturated rings. The van der Waals surface area contributed by atoms with Crippen LogP contribution in [0.4, 0.5) is 9.59 Å². The lowest BCUT2D eigenvalue weighted by Gasteiger charge is -2.27. The summed E-state index contributed by atoms with van der Waals surface area (Å²) in [4.78, 5) is 69.9. The van der Waals surface area contributed by atoms with Crippen molar-refractivity contribution in [2.24, 2.45) is 0 Å². The number of amides is 4. The molecule has 2 aromatic carbocycles. The number of nitrogens with one attached hydrogen (secondary N) is 4. The molecule has 2 saturated heterocycles. The molecule has 0 spiro atoms. The number of H-pyrrole nitrogens is 2. The highest BCUT2D eigenvalue weighted by Crippen LogP contribution is 2.48. The van der Waals surface area contributed by atoms with E-state index in [4.69, 9.17) is 22.3 Å². The molecule has 0 bridgehead atoms. The summed E-state index contributed by atoms with van der Waals surface area (Å²) in [5.74, 6) is 7.64. The number of hydrogen-bond acceptors (Lipinski definition) is 10. The highest BCUT2D eigenvalue weighted by Gasteiger charge is 2.37.